The van der Waals surface area contributed by atoms with Gasteiger partial charge in [0.15, 0.2) is 0 Å². The molecule has 4 nitrogen and oxygen atoms in total. The van der Waals surface area contributed by atoms with E-state index in [9.17, 15) is 14.7 Å². The van der Waals surface area contributed by atoms with Crippen molar-refractivity contribution < 1.29 is 14.7 Å². The number of carbonyl (C=O) groups excluding carboxylic acids is 1. The highest BCUT2D eigenvalue weighted by Crippen LogP contribution is 2.25. The lowest BCUT2D eigenvalue weighted by Gasteiger charge is -2.15. The predicted molar refractivity (Wildman–Crippen MR) is 96.4 cm³/mol. The first kappa shape index (κ1) is 18.6. The van der Waals surface area contributed by atoms with Gasteiger partial charge >= 0.3 is 5.97 Å². The van der Waals surface area contributed by atoms with Gasteiger partial charge in [0.2, 0.25) is 5.91 Å². The highest BCUT2D eigenvalue weighted by molar-refractivity contribution is 6.35. The molecule has 7 heteroatoms. The summed E-state index contributed by atoms with van der Waals surface area (Å²) in [5.41, 5.74) is 0.928. The number of hydrogen-bond acceptors (Lipinski definition) is 2. The molecule has 0 spiro atoms. The van der Waals surface area contributed by atoms with E-state index in [1.54, 1.807) is 25.1 Å². The Morgan fingerprint density at radius 3 is 2.33 bits per heavy atom. The number of carboxylic acids is 1. The van der Waals surface area contributed by atoms with E-state index in [-0.39, 0.29) is 22.2 Å². The van der Waals surface area contributed by atoms with Crippen molar-refractivity contribution in [2.75, 3.05) is 5.32 Å². The van der Waals surface area contributed by atoms with Crippen LogP contribution in [0.2, 0.25) is 15.1 Å². The first-order valence-corrected chi connectivity index (χ1v) is 8.19. The van der Waals surface area contributed by atoms with Gasteiger partial charge in [0, 0.05) is 21.0 Å². The van der Waals surface area contributed by atoms with Crippen molar-refractivity contribution in [3.63, 3.8) is 0 Å². The third-order valence-electron chi connectivity index (χ3n) is 3.46. The molecule has 0 aromatic heterocycles. The first-order chi connectivity index (χ1) is 11.3. The molecule has 0 aliphatic rings. The average molecular weight is 387 g/mol. The molecule has 0 bridgehead atoms. The SMILES string of the molecule is CC(Cc1ccc(Cl)cc1Cl)C(=O)Nc1ccc(Cl)cc1C(=O)O. The van der Waals surface area contributed by atoms with E-state index in [1.807, 2.05) is 0 Å². The van der Waals surface area contributed by atoms with Gasteiger partial charge in [-0.05, 0) is 42.3 Å². The third-order valence-corrected chi connectivity index (χ3v) is 4.28. The molecule has 0 heterocycles. The van der Waals surface area contributed by atoms with E-state index in [0.717, 1.165) is 5.56 Å². The van der Waals surface area contributed by atoms with E-state index < -0.39 is 11.9 Å². The number of amides is 1. The normalized spacial score (nSPS) is 11.8. The fourth-order valence-electron chi connectivity index (χ4n) is 2.17. The maximum absolute atomic E-state index is 12.3. The van der Waals surface area contributed by atoms with Gasteiger partial charge in [-0.15, -0.1) is 0 Å². The monoisotopic (exact) mass is 385 g/mol. The molecule has 0 saturated carbocycles. The second-order valence-corrected chi connectivity index (χ2v) is 6.61. The van der Waals surface area contributed by atoms with E-state index in [0.29, 0.717) is 16.5 Å². The van der Waals surface area contributed by atoms with Crippen molar-refractivity contribution in [2.45, 2.75) is 13.3 Å². The summed E-state index contributed by atoms with van der Waals surface area (Å²) in [5.74, 6) is -1.90. The minimum Gasteiger partial charge on any atom is -0.478 e. The molecule has 2 N–H and O–H groups in total. The standard InChI is InChI=1S/C17H14Cl3NO3/c1-9(6-10-2-3-12(19)8-14(10)20)16(22)21-15-5-4-11(18)7-13(15)17(23)24/h2-5,7-9H,6H2,1H3,(H,21,22)(H,23,24). The van der Waals surface area contributed by atoms with Crippen LogP contribution in [0, 0.1) is 5.92 Å². The summed E-state index contributed by atoms with van der Waals surface area (Å²) in [6.07, 6.45) is 0.401. The molecule has 2 rings (SSSR count). The van der Waals surface area contributed by atoms with Gasteiger partial charge in [-0.2, -0.15) is 0 Å². The van der Waals surface area contributed by atoms with Crippen LogP contribution in [0.1, 0.15) is 22.8 Å². The van der Waals surface area contributed by atoms with Crippen LogP contribution in [0.4, 0.5) is 5.69 Å². The molecule has 2 aromatic carbocycles. The van der Waals surface area contributed by atoms with Crippen LogP contribution in [0.25, 0.3) is 0 Å². The van der Waals surface area contributed by atoms with Gasteiger partial charge in [0.1, 0.15) is 0 Å². The minimum absolute atomic E-state index is 0.0624. The summed E-state index contributed by atoms with van der Waals surface area (Å²) in [6, 6.07) is 9.36. The summed E-state index contributed by atoms with van der Waals surface area (Å²) >= 11 is 17.8. The maximum Gasteiger partial charge on any atom is 0.337 e. The van der Waals surface area contributed by atoms with Gasteiger partial charge in [0.05, 0.1) is 11.3 Å². The summed E-state index contributed by atoms with van der Waals surface area (Å²) in [7, 11) is 0. The number of hydrogen-bond donors (Lipinski definition) is 2. The van der Waals surface area contributed by atoms with Crippen LogP contribution in [0.15, 0.2) is 36.4 Å². The fourth-order valence-corrected chi connectivity index (χ4v) is 2.83. The van der Waals surface area contributed by atoms with E-state index in [2.05, 4.69) is 5.32 Å². The van der Waals surface area contributed by atoms with E-state index in [1.165, 1.54) is 18.2 Å². The van der Waals surface area contributed by atoms with Gasteiger partial charge in [-0.3, -0.25) is 4.79 Å². The van der Waals surface area contributed by atoms with Crippen LogP contribution >= 0.6 is 34.8 Å². The zero-order valence-corrected chi connectivity index (χ0v) is 14.9. The van der Waals surface area contributed by atoms with Gasteiger partial charge in [0.25, 0.3) is 0 Å². The molecule has 0 fully saturated rings. The molecule has 126 valence electrons. The van der Waals surface area contributed by atoms with Crippen molar-refractivity contribution in [3.05, 3.63) is 62.6 Å². The molecular formula is C17H14Cl3NO3. The molecular weight excluding hydrogens is 373 g/mol. The number of anilines is 1. The van der Waals surface area contributed by atoms with Crippen molar-refractivity contribution in [1.82, 2.24) is 0 Å². The van der Waals surface area contributed by atoms with Crippen molar-refractivity contribution in [3.8, 4) is 0 Å². The molecule has 0 radical (unpaired) electrons. The van der Waals surface area contributed by atoms with Gasteiger partial charge in [-0.25, -0.2) is 4.79 Å². The van der Waals surface area contributed by atoms with Crippen LogP contribution in [-0.4, -0.2) is 17.0 Å². The quantitative estimate of drug-likeness (QED) is 0.745. The Kier molecular flexibility index (Phi) is 6.10. The van der Waals surface area contributed by atoms with E-state index >= 15 is 0 Å². The Labute approximate surface area is 154 Å². The predicted octanol–water partition coefficient (Wildman–Crippen LogP) is 5.16. The zero-order valence-electron chi connectivity index (χ0n) is 12.6. The molecule has 1 atom stereocenters. The summed E-state index contributed by atoms with van der Waals surface area (Å²) in [6.45, 7) is 1.73. The highest BCUT2D eigenvalue weighted by Gasteiger charge is 2.18. The number of carbonyl (C=O) groups is 2. The topological polar surface area (TPSA) is 66.4 Å². The summed E-state index contributed by atoms with van der Waals surface area (Å²) in [4.78, 5) is 23.6. The Balaban J connectivity index is 2.13. The Morgan fingerprint density at radius 1 is 1.08 bits per heavy atom. The second kappa shape index (κ2) is 7.88. The van der Waals surface area contributed by atoms with Crippen molar-refractivity contribution >= 4 is 52.4 Å². The van der Waals surface area contributed by atoms with Crippen LogP contribution in [-0.2, 0) is 11.2 Å². The number of aromatic carboxylic acids is 1. The molecule has 0 saturated heterocycles. The molecule has 2 aromatic rings. The van der Waals surface area contributed by atoms with Crippen molar-refractivity contribution in [1.29, 1.82) is 0 Å². The van der Waals surface area contributed by atoms with Gasteiger partial charge < -0.3 is 10.4 Å². The number of rotatable bonds is 5. The second-order valence-electron chi connectivity index (χ2n) is 5.33. The number of nitrogens with one attached hydrogen (secondary N) is 1. The van der Waals surface area contributed by atoms with Crippen LogP contribution < -0.4 is 5.32 Å². The summed E-state index contributed by atoms with van der Waals surface area (Å²) in [5, 5.41) is 13.1. The lowest BCUT2D eigenvalue weighted by atomic mass is 10.00. The average Bonchev–Trinajstić information content (AvgIpc) is 2.51. The highest BCUT2D eigenvalue weighted by atomic mass is 35.5. The maximum atomic E-state index is 12.3. The first-order valence-electron chi connectivity index (χ1n) is 7.05. The smallest absolute Gasteiger partial charge is 0.337 e. The number of carboxylic acid groups (broad SMARTS) is 1. The Bertz CT molecular complexity index is 793. The van der Waals surface area contributed by atoms with Gasteiger partial charge in [-0.1, -0.05) is 47.8 Å². The lowest BCUT2D eigenvalue weighted by molar-refractivity contribution is -0.119. The molecule has 0 aliphatic heterocycles. The van der Waals surface area contributed by atoms with Crippen LogP contribution in [0.3, 0.4) is 0 Å². The van der Waals surface area contributed by atoms with Crippen LogP contribution in [0.5, 0.6) is 0 Å². The van der Waals surface area contributed by atoms with Crippen molar-refractivity contribution in [2.24, 2.45) is 5.92 Å². The molecule has 0 aliphatic carbocycles. The van der Waals surface area contributed by atoms with E-state index in [4.69, 9.17) is 34.8 Å². The number of halogens is 3. The fraction of sp³-hybridized carbons (Fsp3) is 0.176. The third kappa shape index (κ3) is 4.63. The largest absolute Gasteiger partial charge is 0.478 e. The Morgan fingerprint density at radius 2 is 1.71 bits per heavy atom. The number of benzene rings is 2. The lowest BCUT2D eigenvalue weighted by Crippen LogP contribution is -2.23. The zero-order chi connectivity index (χ0) is 17.9. The molecule has 1 amide bonds. The molecule has 24 heavy (non-hydrogen) atoms. The molecule has 1 unspecified atom stereocenters. The summed E-state index contributed by atoms with van der Waals surface area (Å²) < 4.78 is 0. The Hall–Kier alpha value is -1.75. The minimum atomic E-state index is -1.17.